The lowest BCUT2D eigenvalue weighted by atomic mass is 9.97. The molecule has 2 bridgehead atoms. The zero-order chi connectivity index (χ0) is 15.1. The average Bonchev–Trinajstić information content (AvgIpc) is 3.12. The Hall–Kier alpha value is -1.66. The lowest BCUT2D eigenvalue weighted by Gasteiger charge is -2.30. The summed E-state index contributed by atoms with van der Waals surface area (Å²) >= 11 is 1.58. The van der Waals surface area contributed by atoms with Gasteiger partial charge < -0.3 is 15.0 Å². The second-order valence-electron chi connectivity index (χ2n) is 6.18. The van der Waals surface area contributed by atoms with Crippen molar-refractivity contribution < 1.29 is 9.53 Å². The molecular weight excluding hydrogens is 298 g/mol. The quantitative estimate of drug-likeness (QED) is 0.942. The number of fused-ring (bicyclic) bond motifs is 3. The first-order chi connectivity index (χ1) is 10.7. The van der Waals surface area contributed by atoms with Gasteiger partial charge in [0.05, 0.1) is 11.8 Å². The zero-order valence-corrected chi connectivity index (χ0v) is 13.4. The van der Waals surface area contributed by atoms with E-state index in [0.717, 1.165) is 29.0 Å². The fraction of sp³-hybridized carbons (Fsp3) is 0.500. The van der Waals surface area contributed by atoms with Crippen molar-refractivity contribution in [2.75, 3.05) is 26.7 Å². The Labute approximate surface area is 133 Å². The monoisotopic (exact) mass is 317 g/mol. The number of rotatable bonds is 3. The highest BCUT2D eigenvalue weighted by molar-refractivity contribution is 7.17. The molecular formula is C16H19N3O2S. The molecule has 1 N–H and O–H groups in total. The molecule has 1 unspecified atom stereocenters. The van der Waals surface area contributed by atoms with E-state index in [2.05, 4.69) is 15.2 Å². The average molecular weight is 317 g/mol. The molecule has 2 aliphatic rings. The molecule has 0 radical (unpaired) electrons. The summed E-state index contributed by atoms with van der Waals surface area (Å²) in [5.41, 5.74) is 0.440. The summed E-state index contributed by atoms with van der Waals surface area (Å²) < 4.78 is 6.31. The Bertz CT molecular complexity index is 702. The highest BCUT2D eigenvalue weighted by Gasteiger charge is 2.33. The smallest absolute Gasteiger partial charge is 0.270 e. The second-order valence-corrected chi connectivity index (χ2v) is 7.09. The summed E-state index contributed by atoms with van der Waals surface area (Å²) in [7, 11) is 1.59. The van der Waals surface area contributed by atoms with Crippen molar-refractivity contribution in [2.24, 2.45) is 5.92 Å². The first-order valence-electron chi connectivity index (χ1n) is 7.68. The van der Waals surface area contributed by atoms with Crippen LogP contribution in [0.3, 0.4) is 0 Å². The molecule has 2 aliphatic heterocycles. The van der Waals surface area contributed by atoms with Crippen LogP contribution in [0, 0.1) is 5.92 Å². The van der Waals surface area contributed by atoms with E-state index < -0.39 is 0 Å². The SMILES string of the molecule is COc1nc(C(=O)N[C@@H]2C[C@@H]3CCN(C3)C2)cc2ccsc12. The third kappa shape index (κ3) is 2.46. The van der Waals surface area contributed by atoms with Crippen LogP contribution in [0.25, 0.3) is 10.1 Å². The Morgan fingerprint density at radius 1 is 1.50 bits per heavy atom. The van der Waals surface area contributed by atoms with Crippen molar-refractivity contribution in [3.05, 3.63) is 23.2 Å². The number of amides is 1. The van der Waals surface area contributed by atoms with E-state index in [1.807, 2.05) is 17.5 Å². The van der Waals surface area contributed by atoms with Gasteiger partial charge in [-0.15, -0.1) is 11.3 Å². The van der Waals surface area contributed by atoms with E-state index in [-0.39, 0.29) is 11.9 Å². The van der Waals surface area contributed by atoms with Crippen molar-refractivity contribution in [3.8, 4) is 5.88 Å². The highest BCUT2D eigenvalue weighted by atomic mass is 32.1. The van der Waals surface area contributed by atoms with Gasteiger partial charge in [0.15, 0.2) is 0 Å². The molecule has 5 nitrogen and oxygen atoms in total. The number of pyridine rings is 1. The number of carbonyl (C=O) groups is 1. The summed E-state index contributed by atoms with van der Waals surface area (Å²) in [6.45, 7) is 3.32. The molecule has 4 heterocycles. The maximum Gasteiger partial charge on any atom is 0.270 e. The van der Waals surface area contributed by atoms with Crippen LogP contribution in [0.1, 0.15) is 23.3 Å². The summed E-state index contributed by atoms with van der Waals surface area (Å²) in [5, 5.41) is 6.15. The largest absolute Gasteiger partial charge is 0.480 e. The minimum absolute atomic E-state index is 0.0982. The van der Waals surface area contributed by atoms with Crippen LogP contribution in [0.4, 0.5) is 0 Å². The molecule has 4 rings (SSSR count). The Kier molecular flexibility index (Phi) is 3.50. The van der Waals surface area contributed by atoms with Crippen LogP contribution in [0.5, 0.6) is 5.88 Å². The predicted octanol–water partition coefficient (Wildman–Crippen LogP) is 2.13. The Balaban J connectivity index is 1.55. The van der Waals surface area contributed by atoms with Crippen LogP contribution in [0.15, 0.2) is 17.5 Å². The number of ether oxygens (including phenoxy) is 1. The zero-order valence-electron chi connectivity index (χ0n) is 12.5. The molecule has 0 saturated carbocycles. The predicted molar refractivity (Wildman–Crippen MR) is 86.6 cm³/mol. The fourth-order valence-electron chi connectivity index (χ4n) is 3.62. The van der Waals surface area contributed by atoms with E-state index in [1.165, 1.54) is 19.5 Å². The van der Waals surface area contributed by atoms with Gasteiger partial charge in [-0.1, -0.05) is 0 Å². The number of hydrogen-bond acceptors (Lipinski definition) is 5. The second kappa shape index (κ2) is 5.52. The van der Waals surface area contributed by atoms with E-state index >= 15 is 0 Å². The Morgan fingerprint density at radius 2 is 2.41 bits per heavy atom. The van der Waals surface area contributed by atoms with Gasteiger partial charge in [-0.25, -0.2) is 4.98 Å². The van der Waals surface area contributed by atoms with Gasteiger partial charge in [0.2, 0.25) is 5.88 Å². The first kappa shape index (κ1) is 14.0. The van der Waals surface area contributed by atoms with Crippen molar-refractivity contribution in [3.63, 3.8) is 0 Å². The molecule has 116 valence electrons. The molecule has 2 fully saturated rings. The lowest BCUT2D eigenvalue weighted by molar-refractivity contribution is 0.0903. The van der Waals surface area contributed by atoms with Gasteiger partial charge in [0, 0.05) is 24.5 Å². The van der Waals surface area contributed by atoms with Crippen LogP contribution in [0.2, 0.25) is 0 Å². The molecule has 0 spiro atoms. The molecule has 3 atom stereocenters. The van der Waals surface area contributed by atoms with Gasteiger partial charge in [0.25, 0.3) is 5.91 Å². The maximum absolute atomic E-state index is 12.5. The van der Waals surface area contributed by atoms with Crippen LogP contribution < -0.4 is 10.1 Å². The molecule has 0 aromatic carbocycles. The number of methoxy groups -OCH3 is 1. The number of thiophene rings is 1. The van der Waals surface area contributed by atoms with Crippen LogP contribution in [-0.4, -0.2) is 48.6 Å². The number of carbonyl (C=O) groups excluding carboxylic acids is 1. The van der Waals surface area contributed by atoms with E-state index in [0.29, 0.717) is 11.6 Å². The maximum atomic E-state index is 12.5. The lowest BCUT2D eigenvalue weighted by Crippen LogP contribution is -2.47. The van der Waals surface area contributed by atoms with E-state index in [1.54, 1.807) is 18.4 Å². The van der Waals surface area contributed by atoms with Crippen LogP contribution >= 0.6 is 11.3 Å². The first-order valence-corrected chi connectivity index (χ1v) is 8.56. The van der Waals surface area contributed by atoms with Crippen molar-refractivity contribution in [2.45, 2.75) is 18.9 Å². The third-order valence-electron chi connectivity index (χ3n) is 4.63. The number of piperidine rings is 1. The van der Waals surface area contributed by atoms with Crippen molar-refractivity contribution in [1.82, 2.24) is 15.2 Å². The number of hydrogen-bond donors (Lipinski definition) is 1. The summed E-state index contributed by atoms with van der Waals surface area (Å²) in [4.78, 5) is 19.3. The number of nitrogens with zero attached hydrogens (tertiary/aromatic N) is 2. The normalized spacial score (nSPS) is 27.0. The number of nitrogens with one attached hydrogen (secondary N) is 1. The fourth-order valence-corrected chi connectivity index (χ4v) is 4.47. The minimum Gasteiger partial charge on any atom is -0.480 e. The van der Waals surface area contributed by atoms with Gasteiger partial charge in [0.1, 0.15) is 5.69 Å². The van der Waals surface area contributed by atoms with E-state index in [9.17, 15) is 4.79 Å². The standard InChI is InChI=1S/C16H19N3O2S/c1-21-16-14-11(3-5-22-14)7-13(18-16)15(20)17-12-6-10-2-4-19(8-10)9-12/h3,5,7,10,12H,2,4,6,8-9H2,1H3,(H,17,20)/t10-,12+/m0/s1. The van der Waals surface area contributed by atoms with Crippen molar-refractivity contribution >= 4 is 27.3 Å². The molecule has 2 saturated heterocycles. The van der Waals surface area contributed by atoms with Gasteiger partial charge >= 0.3 is 0 Å². The summed E-state index contributed by atoms with van der Waals surface area (Å²) in [5.74, 6) is 1.17. The highest BCUT2D eigenvalue weighted by Crippen LogP contribution is 2.30. The van der Waals surface area contributed by atoms with Gasteiger partial charge in [-0.05, 0) is 42.8 Å². The summed E-state index contributed by atoms with van der Waals surface area (Å²) in [6.07, 6.45) is 2.35. The Morgan fingerprint density at radius 3 is 3.23 bits per heavy atom. The minimum atomic E-state index is -0.0982. The molecule has 6 heteroatoms. The molecule has 2 aromatic rings. The van der Waals surface area contributed by atoms with Gasteiger partial charge in [-0.2, -0.15) is 0 Å². The molecule has 1 amide bonds. The molecule has 2 aromatic heterocycles. The van der Waals surface area contributed by atoms with Crippen LogP contribution in [-0.2, 0) is 0 Å². The molecule has 22 heavy (non-hydrogen) atoms. The summed E-state index contributed by atoms with van der Waals surface area (Å²) in [6, 6.07) is 4.08. The van der Waals surface area contributed by atoms with Crippen molar-refractivity contribution in [1.29, 1.82) is 0 Å². The molecule has 0 aliphatic carbocycles. The topological polar surface area (TPSA) is 54.5 Å². The van der Waals surface area contributed by atoms with E-state index in [4.69, 9.17) is 4.74 Å². The van der Waals surface area contributed by atoms with Gasteiger partial charge in [-0.3, -0.25) is 4.79 Å². The number of aromatic nitrogens is 1. The third-order valence-corrected chi connectivity index (χ3v) is 5.55.